The largest absolute Gasteiger partial charge is 0.367 e. The second-order valence-electron chi connectivity index (χ2n) is 6.00. The number of ether oxygens (including phenoxy) is 1. The van der Waals surface area contributed by atoms with E-state index >= 15 is 0 Å². The van der Waals surface area contributed by atoms with E-state index < -0.39 is 0 Å². The van der Waals surface area contributed by atoms with E-state index in [-0.39, 0.29) is 6.10 Å². The zero-order chi connectivity index (χ0) is 13.9. The Morgan fingerprint density at radius 2 is 2.20 bits per heavy atom. The number of hydrogen-bond acceptors (Lipinski definition) is 6. The van der Waals surface area contributed by atoms with Crippen LogP contribution in [-0.4, -0.2) is 48.3 Å². The van der Waals surface area contributed by atoms with E-state index in [1.165, 1.54) is 19.3 Å². The van der Waals surface area contributed by atoms with E-state index in [0.29, 0.717) is 24.2 Å². The minimum Gasteiger partial charge on any atom is -0.367 e. The molecule has 112 valence electrons. The molecule has 6 nitrogen and oxygen atoms in total. The van der Waals surface area contributed by atoms with Crippen molar-refractivity contribution in [3.8, 4) is 0 Å². The molecule has 2 N–H and O–H groups in total. The van der Waals surface area contributed by atoms with Gasteiger partial charge in [0.2, 0.25) is 11.7 Å². The Hall–Kier alpha value is -0.980. The van der Waals surface area contributed by atoms with Crippen LogP contribution in [0.4, 0.5) is 0 Å². The molecule has 1 aromatic heterocycles. The van der Waals surface area contributed by atoms with E-state index in [0.717, 1.165) is 32.0 Å². The maximum Gasteiger partial charge on any atom is 0.230 e. The van der Waals surface area contributed by atoms with Crippen LogP contribution >= 0.6 is 0 Å². The van der Waals surface area contributed by atoms with Crippen molar-refractivity contribution >= 4 is 0 Å². The van der Waals surface area contributed by atoms with Crippen LogP contribution in [0, 0.1) is 5.92 Å². The SMILES string of the molecule is CN1CCOC(c2noc(C3CCCCC3CN)n2)C1. The van der Waals surface area contributed by atoms with Gasteiger partial charge in [0.25, 0.3) is 0 Å². The summed E-state index contributed by atoms with van der Waals surface area (Å²) >= 11 is 0. The molecule has 2 heterocycles. The summed E-state index contributed by atoms with van der Waals surface area (Å²) in [5.74, 6) is 2.25. The summed E-state index contributed by atoms with van der Waals surface area (Å²) in [5, 5.41) is 4.14. The summed E-state index contributed by atoms with van der Waals surface area (Å²) in [7, 11) is 2.09. The third kappa shape index (κ3) is 2.87. The average Bonchev–Trinajstić information content (AvgIpc) is 2.97. The highest BCUT2D eigenvalue weighted by Crippen LogP contribution is 2.36. The van der Waals surface area contributed by atoms with Crippen molar-refractivity contribution in [3.05, 3.63) is 11.7 Å². The minimum absolute atomic E-state index is 0.0637. The van der Waals surface area contributed by atoms with Gasteiger partial charge in [-0.3, -0.25) is 0 Å². The van der Waals surface area contributed by atoms with Crippen molar-refractivity contribution in [2.24, 2.45) is 11.7 Å². The molecule has 1 aromatic rings. The average molecular weight is 280 g/mol. The normalized spacial score (nSPS) is 32.4. The smallest absolute Gasteiger partial charge is 0.230 e. The lowest BCUT2D eigenvalue weighted by Gasteiger charge is -2.28. The number of hydrogen-bond donors (Lipinski definition) is 1. The van der Waals surface area contributed by atoms with Crippen molar-refractivity contribution in [2.75, 3.05) is 33.3 Å². The molecule has 1 aliphatic heterocycles. The molecular weight excluding hydrogens is 256 g/mol. The molecule has 0 aromatic carbocycles. The molecule has 0 amide bonds. The first-order chi connectivity index (χ1) is 9.78. The number of nitrogens with zero attached hydrogens (tertiary/aromatic N) is 3. The number of likely N-dealkylation sites (N-methyl/N-ethyl adjacent to an activating group) is 1. The van der Waals surface area contributed by atoms with E-state index in [9.17, 15) is 0 Å². The Bertz CT molecular complexity index is 437. The van der Waals surface area contributed by atoms with Crippen molar-refractivity contribution in [1.82, 2.24) is 15.0 Å². The maximum absolute atomic E-state index is 5.88. The lowest BCUT2D eigenvalue weighted by molar-refractivity contribution is -0.0264. The van der Waals surface area contributed by atoms with Gasteiger partial charge in [-0.05, 0) is 32.4 Å². The second-order valence-corrected chi connectivity index (χ2v) is 6.00. The van der Waals surface area contributed by atoms with Crippen molar-refractivity contribution in [3.63, 3.8) is 0 Å². The second kappa shape index (κ2) is 6.20. The third-order valence-electron chi connectivity index (χ3n) is 4.54. The van der Waals surface area contributed by atoms with Crippen LogP contribution in [0.5, 0.6) is 0 Å². The van der Waals surface area contributed by atoms with Crippen LogP contribution in [0.2, 0.25) is 0 Å². The van der Waals surface area contributed by atoms with Crippen molar-refractivity contribution in [1.29, 1.82) is 0 Å². The molecule has 0 bridgehead atoms. The first kappa shape index (κ1) is 14.0. The number of morpholine rings is 1. The van der Waals surface area contributed by atoms with Crippen LogP contribution in [0.15, 0.2) is 4.52 Å². The molecule has 1 saturated carbocycles. The fraction of sp³-hybridized carbons (Fsp3) is 0.857. The zero-order valence-electron chi connectivity index (χ0n) is 12.1. The van der Waals surface area contributed by atoms with Crippen LogP contribution in [-0.2, 0) is 4.74 Å². The Morgan fingerprint density at radius 1 is 1.35 bits per heavy atom. The van der Waals surface area contributed by atoms with Gasteiger partial charge in [-0.25, -0.2) is 0 Å². The fourth-order valence-electron chi connectivity index (χ4n) is 3.28. The number of rotatable bonds is 3. The summed E-state index contributed by atoms with van der Waals surface area (Å²) in [6, 6.07) is 0. The summed E-state index contributed by atoms with van der Waals surface area (Å²) in [6.07, 6.45) is 4.69. The van der Waals surface area contributed by atoms with Gasteiger partial charge in [0.15, 0.2) is 0 Å². The molecule has 6 heteroatoms. The molecule has 3 rings (SSSR count). The van der Waals surface area contributed by atoms with Crippen molar-refractivity contribution < 1.29 is 9.26 Å². The summed E-state index contributed by atoms with van der Waals surface area (Å²) in [5.41, 5.74) is 5.88. The first-order valence-electron chi connectivity index (χ1n) is 7.61. The molecular formula is C14H24N4O2. The summed E-state index contributed by atoms with van der Waals surface area (Å²) in [6.45, 7) is 3.20. The molecule has 2 aliphatic rings. The third-order valence-corrected chi connectivity index (χ3v) is 4.54. The lowest BCUT2D eigenvalue weighted by atomic mass is 9.79. The van der Waals surface area contributed by atoms with E-state index in [4.69, 9.17) is 15.0 Å². The first-order valence-corrected chi connectivity index (χ1v) is 7.61. The molecule has 1 aliphatic carbocycles. The monoisotopic (exact) mass is 280 g/mol. The zero-order valence-corrected chi connectivity index (χ0v) is 12.1. The van der Waals surface area contributed by atoms with Gasteiger partial charge in [0, 0.05) is 19.0 Å². The quantitative estimate of drug-likeness (QED) is 0.899. The Balaban J connectivity index is 1.72. The van der Waals surface area contributed by atoms with Gasteiger partial charge in [0.1, 0.15) is 6.10 Å². The van der Waals surface area contributed by atoms with Crippen LogP contribution in [0.1, 0.15) is 49.4 Å². The van der Waals surface area contributed by atoms with Crippen LogP contribution < -0.4 is 5.73 Å². The van der Waals surface area contributed by atoms with E-state index in [2.05, 4.69) is 22.1 Å². The van der Waals surface area contributed by atoms with Gasteiger partial charge < -0.3 is 19.9 Å². The highest BCUT2D eigenvalue weighted by molar-refractivity contribution is 5.01. The molecule has 0 radical (unpaired) electrons. The van der Waals surface area contributed by atoms with Gasteiger partial charge in [-0.15, -0.1) is 0 Å². The van der Waals surface area contributed by atoms with E-state index in [1.54, 1.807) is 0 Å². The van der Waals surface area contributed by atoms with Gasteiger partial charge in [-0.1, -0.05) is 18.0 Å². The van der Waals surface area contributed by atoms with Crippen LogP contribution in [0.3, 0.4) is 0 Å². The molecule has 3 atom stereocenters. The molecule has 1 saturated heterocycles. The van der Waals surface area contributed by atoms with E-state index in [1.807, 2.05) is 0 Å². The Kier molecular flexibility index (Phi) is 4.33. The maximum atomic E-state index is 5.88. The highest BCUT2D eigenvalue weighted by atomic mass is 16.5. The van der Waals surface area contributed by atoms with Crippen molar-refractivity contribution in [2.45, 2.75) is 37.7 Å². The highest BCUT2D eigenvalue weighted by Gasteiger charge is 2.32. The minimum atomic E-state index is -0.0637. The number of nitrogens with two attached hydrogens (primary N) is 1. The summed E-state index contributed by atoms with van der Waals surface area (Å²) in [4.78, 5) is 6.83. The van der Waals surface area contributed by atoms with Crippen LogP contribution in [0.25, 0.3) is 0 Å². The lowest BCUT2D eigenvalue weighted by Crippen LogP contribution is -2.35. The van der Waals surface area contributed by atoms with Gasteiger partial charge in [0.05, 0.1) is 6.61 Å². The molecule has 20 heavy (non-hydrogen) atoms. The fourth-order valence-corrected chi connectivity index (χ4v) is 3.28. The predicted molar refractivity (Wildman–Crippen MR) is 74.2 cm³/mol. The molecule has 0 spiro atoms. The molecule has 3 unspecified atom stereocenters. The standard InChI is InChI=1S/C14H24N4O2/c1-18-6-7-19-12(9-18)13-16-14(20-17-13)11-5-3-2-4-10(11)8-15/h10-12H,2-9,15H2,1H3. The molecule has 2 fully saturated rings. The van der Waals surface area contributed by atoms with Gasteiger partial charge >= 0.3 is 0 Å². The predicted octanol–water partition coefficient (Wildman–Crippen LogP) is 1.31. The van der Waals surface area contributed by atoms with Gasteiger partial charge in [-0.2, -0.15) is 4.98 Å². The Morgan fingerprint density at radius 3 is 3.00 bits per heavy atom. The Labute approximate surface area is 119 Å². The summed E-state index contributed by atoms with van der Waals surface area (Å²) < 4.78 is 11.2. The topological polar surface area (TPSA) is 77.4 Å². The number of aromatic nitrogens is 2.